The van der Waals surface area contributed by atoms with E-state index in [4.69, 9.17) is 14.0 Å². The number of hydrogen-bond donors (Lipinski definition) is 0. The molecule has 2 heterocycles. The number of ether oxygens (including phenoxy) is 1. The molecule has 0 amide bonds. The average molecular weight is 353 g/mol. The maximum Gasteiger partial charge on any atom is 0.499 e. The van der Waals surface area contributed by atoms with Gasteiger partial charge in [-0.05, 0) is 46.5 Å². The third-order valence-electron chi connectivity index (χ3n) is 4.47. The molecule has 8 heteroatoms. The normalized spacial score (nSPS) is 20.2. The van der Waals surface area contributed by atoms with Crippen LogP contribution in [-0.2, 0) is 20.8 Å². The molecule has 0 unspecified atom stereocenters. The molecular weight excluding hydrogens is 325 g/mol. The number of aromatic nitrogens is 2. The Bertz CT molecular complexity index is 615. The Labute approximate surface area is 146 Å². The number of hydrogen-bond acceptors (Lipinski definition) is 5. The Morgan fingerprint density at radius 2 is 1.83 bits per heavy atom. The number of rotatable bonds is 6. The standard InChI is InChI=1S/C16H28BN3O3S/c1-15(2)16(3,4)23-17(22-15)13-11-20(19-14(13)10-18)12-21-8-9-24(5,6)7/h11H,8-9,12H2,1-7H3. The van der Waals surface area contributed by atoms with Crippen LogP contribution < -0.4 is 5.46 Å². The van der Waals surface area contributed by atoms with Crippen molar-refractivity contribution in [3.63, 3.8) is 0 Å². The lowest BCUT2D eigenvalue weighted by molar-refractivity contribution is 0.00578. The van der Waals surface area contributed by atoms with Crippen molar-refractivity contribution in [3.8, 4) is 6.07 Å². The van der Waals surface area contributed by atoms with E-state index in [-0.39, 0.29) is 0 Å². The van der Waals surface area contributed by atoms with Crippen LogP contribution in [0.3, 0.4) is 0 Å². The SMILES string of the molecule is CC1(C)OB(c2cn(COCCS(C)(C)C)nc2C#N)OC1(C)C. The molecule has 1 aromatic rings. The summed E-state index contributed by atoms with van der Waals surface area (Å²) < 4.78 is 19.3. The molecule has 0 aromatic carbocycles. The molecule has 2 rings (SSSR count). The van der Waals surface area contributed by atoms with Crippen LogP contribution >= 0.6 is 10.0 Å². The van der Waals surface area contributed by atoms with Crippen LogP contribution in [0.15, 0.2) is 6.20 Å². The summed E-state index contributed by atoms with van der Waals surface area (Å²) in [4.78, 5) is 0. The fourth-order valence-electron chi connectivity index (χ4n) is 2.20. The molecule has 24 heavy (non-hydrogen) atoms. The van der Waals surface area contributed by atoms with Crippen molar-refractivity contribution >= 4 is 22.6 Å². The highest BCUT2D eigenvalue weighted by molar-refractivity contribution is 8.32. The van der Waals surface area contributed by atoms with Gasteiger partial charge in [0.1, 0.15) is 12.8 Å². The van der Waals surface area contributed by atoms with Gasteiger partial charge in [0.05, 0.1) is 17.8 Å². The second-order valence-electron chi connectivity index (χ2n) is 8.00. The molecular formula is C16H28BN3O3S. The molecule has 1 aromatic heterocycles. The predicted octanol–water partition coefficient (Wildman–Crippen LogP) is 1.72. The summed E-state index contributed by atoms with van der Waals surface area (Å²) in [7, 11) is -1.16. The Morgan fingerprint density at radius 3 is 2.33 bits per heavy atom. The Kier molecular flexibility index (Phi) is 5.41. The van der Waals surface area contributed by atoms with Crippen LogP contribution in [0.1, 0.15) is 33.4 Å². The maximum atomic E-state index is 9.36. The number of nitrogens with zero attached hydrogens (tertiary/aromatic N) is 3. The summed E-state index contributed by atoms with van der Waals surface area (Å²) in [5.74, 6) is 1.05. The lowest BCUT2D eigenvalue weighted by Gasteiger charge is -2.32. The summed E-state index contributed by atoms with van der Waals surface area (Å²) in [6.45, 7) is 8.96. The van der Waals surface area contributed by atoms with Crippen LogP contribution in [0.25, 0.3) is 0 Å². The van der Waals surface area contributed by atoms with Crippen molar-refractivity contribution in [2.45, 2.75) is 45.6 Å². The molecule has 0 atom stereocenters. The van der Waals surface area contributed by atoms with E-state index in [9.17, 15) is 5.26 Å². The highest BCUT2D eigenvalue weighted by Gasteiger charge is 2.52. The van der Waals surface area contributed by atoms with Crippen LogP contribution in [-0.4, -0.2) is 59.2 Å². The third-order valence-corrected chi connectivity index (χ3v) is 5.86. The van der Waals surface area contributed by atoms with E-state index < -0.39 is 28.3 Å². The monoisotopic (exact) mass is 353 g/mol. The zero-order chi connectivity index (χ0) is 18.2. The van der Waals surface area contributed by atoms with Gasteiger partial charge < -0.3 is 14.0 Å². The molecule has 0 N–H and O–H groups in total. The minimum atomic E-state index is -0.586. The van der Waals surface area contributed by atoms with Crippen molar-refractivity contribution in [2.24, 2.45) is 0 Å². The second-order valence-corrected chi connectivity index (χ2v) is 12.6. The molecule has 1 saturated heterocycles. The zero-order valence-corrected chi connectivity index (χ0v) is 16.6. The largest absolute Gasteiger partial charge is 0.499 e. The fraction of sp³-hybridized carbons (Fsp3) is 0.750. The summed E-state index contributed by atoms with van der Waals surface area (Å²) in [6.07, 6.45) is 8.56. The Morgan fingerprint density at radius 1 is 1.25 bits per heavy atom. The Hall–Kier alpha value is -1.01. The van der Waals surface area contributed by atoms with Crippen molar-refractivity contribution < 1.29 is 14.0 Å². The van der Waals surface area contributed by atoms with E-state index in [1.54, 1.807) is 10.9 Å². The summed E-state index contributed by atoms with van der Waals surface area (Å²) in [5, 5.41) is 13.6. The van der Waals surface area contributed by atoms with E-state index >= 15 is 0 Å². The molecule has 1 fully saturated rings. The van der Waals surface area contributed by atoms with E-state index in [1.807, 2.05) is 27.7 Å². The zero-order valence-electron chi connectivity index (χ0n) is 15.8. The lowest BCUT2D eigenvalue weighted by Crippen LogP contribution is -2.41. The van der Waals surface area contributed by atoms with Gasteiger partial charge >= 0.3 is 7.12 Å². The molecule has 0 saturated carbocycles. The predicted molar refractivity (Wildman–Crippen MR) is 98.8 cm³/mol. The molecule has 1 aliphatic rings. The van der Waals surface area contributed by atoms with Crippen LogP contribution in [0, 0.1) is 11.3 Å². The van der Waals surface area contributed by atoms with Gasteiger partial charge in [-0.3, -0.25) is 0 Å². The van der Waals surface area contributed by atoms with E-state index in [0.717, 1.165) is 5.75 Å². The first-order chi connectivity index (χ1) is 11.0. The van der Waals surface area contributed by atoms with Crippen LogP contribution in [0.5, 0.6) is 0 Å². The van der Waals surface area contributed by atoms with Gasteiger partial charge in [0.2, 0.25) is 0 Å². The van der Waals surface area contributed by atoms with Crippen molar-refractivity contribution in [1.29, 1.82) is 5.26 Å². The van der Waals surface area contributed by atoms with Crippen molar-refractivity contribution in [2.75, 3.05) is 31.1 Å². The van der Waals surface area contributed by atoms with E-state index in [0.29, 0.717) is 24.5 Å². The van der Waals surface area contributed by atoms with Gasteiger partial charge in [-0.15, -0.1) is 0 Å². The molecule has 6 nitrogen and oxygen atoms in total. The van der Waals surface area contributed by atoms with Crippen molar-refractivity contribution in [1.82, 2.24) is 9.78 Å². The molecule has 134 valence electrons. The highest BCUT2D eigenvalue weighted by Crippen LogP contribution is 2.36. The molecule has 0 radical (unpaired) electrons. The first-order valence-corrected chi connectivity index (χ1v) is 11.0. The van der Waals surface area contributed by atoms with Gasteiger partial charge in [-0.1, -0.05) is 0 Å². The van der Waals surface area contributed by atoms with Gasteiger partial charge in [0.25, 0.3) is 0 Å². The first-order valence-electron chi connectivity index (χ1n) is 8.02. The first kappa shape index (κ1) is 19.3. The fourth-order valence-corrected chi connectivity index (χ4v) is 2.82. The molecule has 0 bridgehead atoms. The van der Waals surface area contributed by atoms with E-state index in [2.05, 4.69) is 29.9 Å². The quantitative estimate of drug-likeness (QED) is 0.575. The lowest BCUT2D eigenvalue weighted by atomic mass is 9.79. The summed E-state index contributed by atoms with van der Waals surface area (Å²) in [5.41, 5.74) is 0.0801. The summed E-state index contributed by atoms with van der Waals surface area (Å²) in [6, 6.07) is 2.12. The maximum absolute atomic E-state index is 9.36. The topological polar surface area (TPSA) is 69.3 Å². The molecule has 1 aliphatic heterocycles. The van der Waals surface area contributed by atoms with Gasteiger partial charge in [0, 0.05) is 17.4 Å². The third kappa shape index (κ3) is 4.34. The molecule has 0 spiro atoms. The van der Waals surface area contributed by atoms with Crippen molar-refractivity contribution in [3.05, 3.63) is 11.9 Å². The van der Waals surface area contributed by atoms with Gasteiger partial charge in [0.15, 0.2) is 5.69 Å². The highest BCUT2D eigenvalue weighted by atomic mass is 32.3. The van der Waals surface area contributed by atoms with Gasteiger partial charge in [-0.25, -0.2) is 14.7 Å². The minimum Gasteiger partial charge on any atom is -0.399 e. The Balaban J connectivity index is 2.05. The smallest absolute Gasteiger partial charge is 0.399 e. The van der Waals surface area contributed by atoms with Gasteiger partial charge in [-0.2, -0.15) is 10.4 Å². The number of nitriles is 1. The molecule has 0 aliphatic carbocycles. The van der Waals surface area contributed by atoms with Crippen LogP contribution in [0.4, 0.5) is 0 Å². The average Bonchev–Trinajstić information content (AvgIpc) is 2.92. The van der Waals surface area contributed by atoms with Crippen LogP contribution in [0.2, 0.25) is 0 Å². The minimum absolute atomic E-state index is 0.318. The summed E-state index contributed by atoms with van der Waals surface area (Å²) >= 11 is 0. The second kappa shape index (κ2) is 6.72. The van der Waals surface area contributed by atoms with E-state index in [1.165, 1.54) is 0 Å².